The fourth-order valence-electron chi connectivity index (χ4n) is 3.56. The molecule has 2 heterocycles. The summed E-state index contributed by atoms with van der Waals surface area (Å²) in [6.07, 6.45) is 0.790. The van der Waals surface area contributed by atoms with Crippen LogP contribution in [0.2, 0.25) is 0 Å². The maximum atomic E-state index is 12.7. The van der Waals surface area contributed by atoms with E-state index in [2.05, 4.69) is 5.32 Å². The molecule has 0 saturated heterocycles. The Kier molecular flexibility index (Phi) is 5.86. The van der Waals surface area contributed by atoms with E-state index in [1.807, 2.05) is 84.6 Å². The summed E-state index contributed by atoms with van der Waals surface area (Å²) in [7, 11) is 4.01. The van der Waals surface area contributed by atoms with Crippen molar-refractivity contribution in [2.75, 3.05) is 25.5 Å². The molecule has 1 aromatic heterocycles. The third kappa shape index (κ3) is 4.39. The van der Waals surface area contributed by atoms with Crippen molar-refractivity contribution in [3.8, 4) is 0 Å². The van der Waals surface area contributed by atoms with Crippen LogP contribution < -0.4 is 10.2 Å². The lowest BCUT2D eigenvalue weighted by Gasteiger charge is -2.27. The number of rotatable bonds is 5. The number of carbonyl (C=O) groups is 2. The number of benzene rings is 2. The summed E-state index contributed by atoms with van der Waals surface area (Å²) in [6.45, 7) is 1.73. The minimum absolute atomic E-state index is 0.0413. The van der Waals surface area contributed by atoms with E-state index < -0.39 is 0 Å². The average molecular weight is 420 g/mol. The zero-order chi connectivity index (χ0) is 21.1. The Morgan fingerprint density at radius 3 is 2.50 bits per heavy atom. The molecule has 1 aliphatic rings. The number of nitrogens with zero attached hydrogens (tertiary/aromatic N) is 2. The van der Waals surface area contributed by atoms with E-state index in [4.69, 9.17) is 0 Å². The van der Waals surface area contributed by atoms with Crippen LogP contribution in [0, 0.1) is 0 Å². The summed E-state index contributed by atoms with van der Waals surface area (Å²) in [4.78, 5) is 31.2. The number of hydrogen-bond acceptors (Lipinski definition) is 4. The van der Waals surface area contributed by atoms with Crippen molar-refractivity contribution in [1.29, 1.82) is 0 Å². The average Bonchev–Trinajstić information content (AvgIpc) is 3.21. The Bertz CT molecular complexity index is 1040. The van der Waals surface area contributed by atoms with Gasteiger partial charge in [-0.25, -0.2) is 0 Å². The quantitative estimate of drug-likeness (QED) is 0.682. The molecule has 0 radical (unpaired) electrons. The molecule has 5 nitrogen and oxygen atoms in total. The number of fused-ring (bicyclic) bond motifs is 1. The zero-order valence-electron chi connectivity index (χ0n) is 17.2. The summed E-state index contributed by atoms with van der Waals surface area (Å²) >= 11 is 1.54. The van der Waals surface area contributed by atoms with Gasteiger partial charge in [0.15, 0.2) is 0 Å². The predicted molar refractivity (Wildman–Crippen MR) is 121 cm³/mol. The van der Waals surface area contributed by atoms with Gasteiger partial charge >= 0.3 is 0 Å². The molecule has 154 valence electrons. The second-order valence-corrected chi connectivity index (χ2v) is 8.78. The van der Waals surface area contributed by atoms with E-state index in [9.17, 15) is 9.59 Å². The van der Waals surface area contributed by atoms with Crippen LogP contribution in [0.1, 0.15) is 36.0 Å². The lowest BCUT2D eigenvalue weighted by Crippen LogP contribution is -2.35. The van der Waals surface area contributed by atoms with Gasteiger partial charge in [-0.2, -0.15) is 0 Å². The highest BCUT2D eigenvalue weighted by molar-refractivity contribution is 7.14. The van der Waals surface area contributed by atoms with Crippen molar-refractivity contribution in [3.05, 3.63) is 87.1 Å². The predicted octanol–water partition coefficient (Wildman–Crippen LogP) is 3.94. The van der Waals surface area contributed by atoms with Gasteiger partial charge in [-0.05, 0) is 47.9 Å². The molecule has 0 aliphatic carbocycles. The summed E-state index contributed by atoms with van der Waals surface area (Å²) in [5.74, 6) is -0.0216. The lowest BCUT2D eigenvalue weighted by molar-refractivity contribution is 0.0736. The molecule has 2 amide bonds. The van der Waals surface area contributed by atoms with Gasteiger partial charge in [0.2, 0.25) is 0 Å². The zero-order valence-corrected chi connectivity index (χ0v) is 18.0. The normalized spacial score (nSPS) is 12.9. The maximum Gasteiger partial charge on any atom is 0.261 e. The molecule has 6 heteroatoms. The molecule has 0 fully saturated rings. The largest absolute Gasteiger partial charge is 0.378 e. The first kappa shape index (κ1) is 20.2. The highest BCUT2D eigenvalue weighted by atomic mass is 32.1. The summed E-state index contributed by atoms with van der Waals surface area (Å²) in [5, 5.41) is 3.01. The fourth-order valence-corrected chi connectivity index (χ4v) is 4.64. The smallest absolute Gasteiger partial charge is 0.261 e. The van der Waals surface area contributed by atoms with Crippen molar-refractivity contribution < 1.29 is 9.59 Å². The third-order valence-corrected chi connectivity index (χ3v) is 6.54. The number of anilines is 1. The molecule has 0 saturated carbocycles. The Labute approximate surface area is 180 Å². The monoisotopic (exact) mass is 419 g/mol. The molecular formula is C24H25N3O2S. The van der Waals surface area contributed by atoms with Crippen molar-refractivity contribution in [2.45, 2.75) is 19.5 Å². The van der Waals surface area contributed by atoms with Crippen LogP contribution in [0.5, 0.6) is 0 Å². The van der Waals surface area contributed by atoms with Gasteiger partial charge in [-0.1, -0.05) is 30.3 Å². The molecule has 0 unspecified atom stereocenters. The van der Waals surface area contributed by atoms with Crippen LogP contribution in [0.25, 0.3) is 0 Å². The van der Waals surface area contributed by atoms with Crippen LogP contribution in [0.3, 0.4) is 0 Å². The van der Waals surface area contributed by atoms with Gasteiger partial charge in [0, 0.05) is 49.9 Å². The van der Waals surface area contributed by atoms with Gasteiger partial charge in [0.25, 0.3) is 11.8 Å². The second kappa shape index (κ2) is 8.71. The number of thiophene rings is 1. The first-order valence-corrected chi connectivity index (χ1v) is 10.8. The molecule has 0 bridgehead atoms. The molecule has 4 rings (SSSR count). The molecule has 1 aliphatic heterocycles. The summed E-state index contributed by atoms with van der Waals surface area (Å²) in [6, 6.07) is 19.4. The molecule has 2 aromatic carbocycles. The van der Waals surface area contributed by atoms with Gasteiger partial charge in [-0.3, -0.25) is 9.59 Å². The van der Waals surface area contributed by atoms with Gasteiger partial charge in [0.05, 0.1) is 4.88 Å². The van der Waals surface area contributed by atoms with E-state index >= 15 is 0 Å². The topological polar surface area (TPSA) is 52.7 Å². The highest BCUT2D eigenvalue weighted by Gasteiger charge is 2.25. The number of carbonyl (C=O) groups excluding carboxylic acids is 2. The molecular weight excluding hydrogens is 394 g/mol. The van der Waals surface area contributed by atoms with Crippen LogP contribution in [-0.4, -0.2) is 37.4 Å². The number of hydrogen-bond donors (Lipinski definition) is 1. The van der Waals surface area contributed by atoms with Crippen LogP contribution in [0.15, 0.2) is 60.7 Å². The molecule has 0 atom stereocenters. The minimum Gasteiger partial charge on any atom is -0.378 e. The van der Waals surface area contributed by atoms with Crippen LogP contribution in [0.4, 0.5) is 5.69 Å². The SMILES string of the molecule is CN(C)c1ccc(CNC(=O)c2cc3c(s2)CCN(C(=O)c2ccccc2)C3)cc1. The van der Waals surface area contributed by atoms with Crippen molar-refractivity contribution in [3.63, 3.8) is 0 Å². The second-order valence-electron chi connectivity index (χ2n) is 7.65. The Balaban J connectivity index is 1.38. The number of amides is 2. The Morgan fingerprint density at radius 1 is 1.07 bits per heavy atom. The lowest BCUT2D eigenvalue weighted by atomic mass is 10.1. The van der Waals surface area contributed by atoms with E-state index in [-0.39, 0.29) is 11.8 Å². The first-order valence-electron chi connectivity index (χ1n) is 10.0. The van der Waals surface area contributed by atoms with Crippen molar-refractivity contribution >= 4 is 28.8 Å². The standard InChI is InChI=1S/C24H25N3O2S/c1-26(2)20-10-8-17(9-11-20)15-25-23(28)22-14-19-16-27(13-12-21(19)30-22)24(29)18-6-4-3-5-7-18/h3-11,14H,12-13,15-16H2,1-2H3,(H,25,28). The minimum atomic E-state index is -0.0629. The maximum absolute atomic E-state index is 12.7. The molecule has 3 aromatic rings. The van der Waals surface area contributed by atoms with Crippen molar-refractivity contribution in [2.24, 2.45) is 0 Å². The van der Waals surface area contributed by atoms with E-state index in [1.165, 1.54) is 16.2 Å². The fraction of sp³-hybridized carbons (Fsp3) is 0.250. The first-order chi connectivity index (χ1) is 14.5. The molecule has 1 N–H and O–H groups in total. The Morgan fingerprint density at radius 2 is 1.80 bits per heavy atom. The highest BCUT2D eigenvalue weighted by Crippen LogP contribution is 2.29. The Hall–Kier alpha value is -3.12. The summed E-state index contributed by atoms with van der Waals surface area (Å²) < 4.78 is 0. The van der Waals surface area contributed by atoms with E-state index in [1.54, 1.807) is 0 Å². The van der Waals surface area contributed by atoms with Crippen LogP contribution in [-0.2, 0) is 19.5 Å². The van der Waals surface area contributed by atoms with Crippen molar-refractivity contribution in [1.82, 2.24) is 10.2 Å². The van der Waals surface area contributed by atoms with Gasteiger partial charge < -0.3 is 15.1 Å². The van der Waals surface area contributed by atoms with Crippen LogP contribution >= 0.6 is 11.3 Å². The molecule has 0 spiro atoms. The van der Waals surface area contributed by atoms with E-state index in [0.29, 0.717) is 30.1 Å². The van der Waals surface area contributed by atoms with Gasteiger partial charge in [-0.15, -0.1) is 11.3 Å². The number of nitrogens with one attached hydrogen (secondary N) is 1. The third-order valence-electron chi connectivity index (χ3n) is 5.30. The molecule has 30 heavy (non-hydrogen) atoms. The summed E-state index contributed by atoms with van der Waals surface area (Å²) in [5.41, 5.74) is 3.98. The van der Waals surface area contributed by atoms with E-state index in [0.717, 1.165) is 23.2 Å². The van der Waals surface area contributed by atoms with Gasteiger partial charge in [0.1, 0.15) is 0 Å².